The van der Waals surface area contributed by atoms with Crippen LogP contribution in [0.25, 0.3) is 0 Å². The summed E-state index contributed by atoms with van der Waals surface area (Å²) in [5.41, 5.74) is 0.667. The van der Waals surface area contributed by atoms with Crippen molar-refractivity contribution >= 4 is 11.9 Å². The van der Waals surface area contributed by atoms with E-state index in [0.29, 0.717) is 18.7 Å². The van der Waals surface area contributed by atoms with Gasteiger partial charge in [0.1, 0.15) is 5.75 Å². The number of hydrogen-bond donors (Lipinski definition) is 1. The van der Waals surface area contributed by atoms with Gasteiger partial charge in [-0.15, -0.1) is 0 Å². The van der Waals surface area contributed by atoms with E-state index in [2.05, 4.69) is 10.1 Å². The molecular weight excluding hydrogens is 272 g/mol. The van der Waals surface area contributed by atoms with Crippen molar-refractivity contribution in [2.24, 2.45) is 0 Å². The zero-order valence-corrected chi connectivity index (χ0v) is 12.3. The Morgan fingerprint density at radius 1 is 1.29 bits per heavy atom. The highest BCUT2D eigenvalue weighted by Gasteiger charge is 2.25. The first-order chi connectivity index (χ1) is 10.1. The van der Waals surface area contributed by atoms with Crippen molar-refractivity contribution in [2.45, 2.75) is 12.5 Å². The second kappa shape index (κ2) is 7.08. The maximum Gasteiger partial charge on any atom is 0.407 e. The molecule has 1 amide bonds. The Hall–Kier alpha value is -2.08. The van der Waals surface area contributed by atoms with Crippen LogP contribution in [0.1, 0.15) is 16.8 Å². The molecule has 1 fully saturated rings. The number of carbonyl (C=O) groups is 2. The van der Waals surface area contributed by atoms with Gasteiger partial charge in [0.25, 0.3) is 0 Å². The summed E-state index contributed by atoms with van der Waals surface area (Å²) >= 11 is 0. The number of alkyl carbamates (subject to hydrolysis) is 1. The van der Waals surface area contributed by atoms with Gasteiger partial charge >= 0.3 is 6.09 Å². The number of hydrogen-bond acceptors (Lipinski definition) is 5. The van der Waals surface area contributed by atoms with E-state index in [4.69, 9.17) is 4.74 Å². The van der Waals surface area contributed by atoms with Crippen LogP contribution >= 0.6 is 0 Å². The Morgan fingerprint density at radius 2 is 2.00 bits per heavy atom. The summed E-state index contributed by atoms with van der Waals surface area (Å²) < 4.78 is 9.64. The summed E-state index contributed by atoms with van der Waals surface area (Å²) in [6.07, 6.45) is 0.397. The van der Waals surface area contributed by atoms with Crippen molar-refractivity contribution in [1.29, 1.82) is 0 Å². The molecule has 1 aromatic rings. The van der Waals surface area contributed by atoms with E-state index in [-0.39, 0.29) is 11.8 Å². The van der Waals surface area contributed by atoms with Crippen LogP contribution in [0.5, 0.6) is 5.75 Å². The number of ketones is 1. The Labute approximate surface area is 124 Å². The number of rotatable bonds is 5. The monoisotopic (exact) mass is 292 g/mol. The Balaban J connectivity index is 1.84. The highest BCUT2D eigenvalue weighted by molar-refractivity contribution is 5.97. The smallest absolute Gasteiger partial charge is 0.407 e. The van der Waals surface area contributed by atoms with Crippen molar-refractivity contribution in [3.63, 3.8) is 0 Å². The van der Waals surface area contributed by atoms with E-state index in [1.807, 2.05) is 4.90 Å². The lowest BCUT2D eigenvalue weighted by Gasteiger charge is -2.15. The van der Waals surface area contributed by atoms with Gasteiger partial charge in [0.2, 0.25) is 0 Å². The molecule has 114 valence electrons. The maximum atomic E-state index is 12.2. The Bertz CT molecular complexity index is 501. The van der Waals surface area contributed by atoms with E-state index < -0.39 is 6.09 Å². The van der Waals surface area contributed by atoms with Crippen LogP contribution in [0.2, 0.25) is 0 Å². The molecule has 6 nitrogen and oxygen atoms in total. The van der Waals surface area contributed by atoms with Gasteiger partial charge in [-0.05, 0) is 30.7 Å². The third kappa shape index (κ3) is 4.19. The van der Waals surface area contributed by atoms with E-state index in [9.17, 15) is 9.59 Å². The molecule has 2 rings (SSSR count). The van der Waals surface area contributed by atoms with E-state index in [1.54, 1.807) is 31.4 Å². The van der Waals surface area contributed by atoms with E-state index in [0.717, 1.165) is 18.7 Å². The molecule has 1 aliphatic rings. The van der Waals surface area contributed by atoms with Gasteiger partial charge in [-0.25, -0.2) is 4.79 Å². The fraction of sp³-hybridized carbons (Fsp3) is 0.467. The molecule has 0 aromatic heterocycles. The van der Waals surface area contributed by atoms with Crippen molar-refractivity contribution < 1.29 is 19.1 Å². The van der Waals surface area contributed by atoms with Gasteiger partial charge in [0.05, 0.1) is 20.8 Å². The second-order valence-electron chi connectivity index (χ2n) is 5.01. The summed E-state index contributed by atoms with van der Waals surface area (Å²) in [5.74, 6) is 0.798. The molecule has 1 unspecified atom stereocenters. The number of nitrogens with one attached hydrogen (secondary N) is 1. The molecule has 1 atom stereocenters. The zero-order valence-electron chi connectivity index (χ0n) is 12.3. The summed E-state index contributed by atoms with van der Waals surface area (Å²) in [4.78, 5) is 25.4. The molecule has 1 heterocycles. The van der Waals surface area contributed by atoms with Crippen LogP contribution in [0.3, 0.4) is 0 Å². The molecular formula is C15H20N2O4. The fourth-order valence-electron chi connectivity index (χ4n) is 2.39. The van der Waals surface area contributed by atoms with Crippen LogP contribution in [0.15, 0.2) is 24.3 Å². The van der Waals surface area contributed by atoms with E-state index in [1.165, 1.54) is 7.11 Å². The number of benzene rings is 1. The minimum Gasteiger partial charge on any atom is -0.497 e. The predicted octanol–water partition coefficient (Wildman–Crippen LogP) is 1.31. The summed E-state index contributed by atoms with van der Waals surface area (Å²) in [6, 6.07) is 7.13. The van der Waals surface area contributed by atoms with Crippen LogP contribution in [0.4, 0.5) is 4.79 Å². The predicted molar refractivity (Wildman–Crippen MR) is 77.7 cm³/mol. The number of amides is 1. The van der Waals surface area contributed by atoms with Gasteiger partial charge in [0.15, 0.2) is 5.78 Å². The lowest BCUT2D eigenvalue weighted by Crippen LogP contribution is -2.37. The molecule has 0 aliphatic carbocycles. The molecule has 1 saturated heterocycles. The summed E-state index contributed by atoms with van der Waals surface area (Å²) in [5, 5.41) is 2.76. The van der Waals surface area contributed by atoms with Gasteiger partial charge in [-0.1, -0.05) is 0 Å². The van der Waals surface area contributed by atoms with Crippen LogP contribution in [-0.4, -0.2) is 56.7 Å². The molecule has 0 bridgehead atoms. The molecule has 0 saturated carbocycles. The first kappa shape index (κ1) is 15.3. The number of methoxy groups -OCH3 is 2. The van der Waals surface area contributed by atoms with Crippen LogP contribution in [-0.2, 0) is 4.74 Å². The third-order valence-electron chi connectivity index (χ3n) is 3.56. The van der Waals surface area contributed by atoms with Crippen LogP contribution in [0, 0.1) is 0 Å². The molecule has 1 aromatic carbocycles. The topological polar surface area (TPSA) is 67.9 Å². The minimum absolute atomic E-state index is 0.0427. The van der Waals surface area contributed by atoms with Crippen molar-refractivity contribution in [3.05, 3.63) is 29.8 Å². The molecule has 1 N–H and O–H groups in total. The third-order valence-corrected chi connectivity index (χ3v) is 3.56. The maximum absolute atomic E-state index is 12.2. The number of nitrogens with zero attached hydrogens (tertiary/aromatic N) is 1. The number of Topliss-reactive ketones (excluding diaryl/α,β-unsaturated/α-hetero) is 1. The molecule has 0 radical (unpaired) electrons. The number of likely N-dealkylation sites (tertiary alicyclic amines) is 1. The van der Waals surface area contributed by atoms with Crippen molar-refractivity contribution in [2.75, 3.05) is 33.9 Å². The molecule has 21 heavy (non-hydrogen) atoms. The first-order valence-electron chi connectivity index (χ1n) is 6.86. The fourth-order valence-corrected chi connectivity index (χ4v) is 2.39. The molecule has 6 heteroatoms. The lowest BCUT2D eigenvalue weighted by molar-refractivity contribution is 0.0944. The van der Waals surface area contributed by atoms with Crippen molar-refractivity contribution in [1.82, 2.24) is 10.2 Å². The standard InChI is InChI=1S/C15H20N2O4/c1-20-13-5-3-11(4-6-13)14(18)10-17-8-7-12(9-17)16-15(19)21-2/h3-6,12H,7-10H2,1-2H3,(H,16,19). The lowest BCUT2D eigenvalue weighted by atomic mass is 10.1. The largest absolute Gasteiger partial charge is 0.497 e. The quantitative estimate of drug-likeness (QED) is 0.829. The zero-order chi connectivity index (χ0) is 15.2. The van der Waals surface area contributed by atoms with E-state index >= 15 is 0 Å². The summed E-state index contributed by atoms with van der Waals surface area (Å²) in [7, 11) is 2.94. The van der Waals surface area contributed by atoms with Crippen LogP contribution < -0.4 is 10.1 Å². The average Bonchev–Trinajstić information content (AvgIpc) is 2.94. The second-order valence-corrected chi connectivity index (χ2v) is 5.01. The Morgan fingerprint density at radius 3 is 2.62 bits per heavy atom. The average molecular weight is 292 g/mol. The number of ether oxygens (including phenoxy) is 2. The van der Waals surface area contributed by atoms with Gasteiger partial charge < -0.3 is 14.8 Å². The van der Waals surface area contributed by atoms with Gasteiger partial charge in [0, 0.05) is 24.7 Å². The Kier molecular flexibility index (Phi) is 5.16. The summed E-state index contributed by atoms with van der Waals surface area (Å²) in [6.45, 7) is 1.80. The first-order valence-corrected chi connectivity index (χ1v) is 6.86. The minimum atomic E-state index is -0.427. The van der Waals surface area contributed by atoms with Crippen molar-refractivity contribution in [3.8, 4) is 5.75 Å². The number of carbonyl (C=O) groups excluding carboxylic acids is 2. The molecule has 0 spiro atoms. The molecule has 1 aliphatic heterocycles. The normalized spacial score (nSPS) is 18.3. The highest BCUT2D eigenvalue weighted by atomic mass is 16.5. The SMILES string of the molecule is COC(=O)NC1CCN(CC(=O)c2ccc(OC)cc2)C1. The van der Waals surface area contributed by atoms with Gasteiger partial charge in [-0.2, -0.15) is 0 Å². The highest BCUT2D eigenvalue weighted by Crippen LogP contribution is 2.14. The van der Waals surface area contributed by atoms with Gasteiger partial charge in [-0.3, -0.25) is 9.69 Å².